The summed E-state index contributed by atoms with van der Waals surface area (Å²) in [5.74, 6) is -0.124. The molecule has 0 unspecified atom stereocenters. The summed E-state index contributed by atoms with van der Waals surface area (Å²) in [4.78, 5) is 25.3. The van der Waals surface area contributed by atoms with Gasteiger partial charge >= 0.3 is 12.2 Å². The highest BCUT2D eigenvalue weighted by Gasteiger charge is 2.31. The lowest BCUT2D eigenvalue weighted by Crippen LogP contribution is -2.50. The van der Waals surface area contributed by atoms with Crippen LogP contribution in [0.3, 0.4) is 0 Å². The number of nitrogens with zero attached hydrogens (tertiary/aromatic N) is 1. The third-order valence-electron chi connectivity index (χ3n) is 4.09. The number of carbonyl (C=O) groups excluding carboxylic acids is 2. The molecule has 26 heavy (non-hydrogen) atoms. The number of piperidine rings is 1. The van der Waals surface area contributed by atoms with Gasteiger partial charge in [-0.15, -0.1) is 0 Å². The van der Waals surface area contributed by atoms with Crippen LogP contribution in [0.5, 0.6) is 0 Å². The number of aliphatic hydroxyl groups is 1. The van der Waals surface area contributed by atoms with E-state index >= 15 is 0 Å². The fraction of sp³-hybridized carbons (Fsp3) is 0.579. The predicted molar refractivity (Wildman–Crippen MR) is 96.6 cm³/mol. The van der Waals surface area contributed by atoms with E-state index < -0.39 is 23.9 Å². The summed E-state index contributed by atoms with van der Waals surface area (Å²) in [7, 11) is 0. The zero-order valence-electron chi connectivity index (χ0n) is 15.6. The molecule has 144 valence electrons. The molecule has 0 bridgehead atoms. The molecule has 0 aromatic heterocycles. The van der Waals surface area contributed by atoms with Crippen LogP contribution in [0.15, 0.2) is 30.3 Å². The molecule has 1 aliphatic rings. The van der Waals surface area contributed by atoms with Crippen molar-refractivity contribution in [2.45, 2.75) is 45.5 Å². The molecule has 1 heterocycles. The van der Waals surface area contributed by atoms with E-state index in [4.69, 9.17) is 9.47 Å². The minimum Gasteiger partial charge on any atom is -0.445 e. The molecular weight excluding hydrogens is 336 g/mol. The smallest absolute Gasteiger partial charge is 0.410 e. The Morgan fingerprint density at radius 3 is 2.58 bits per heavy atom. The van der Waals surface area contributed by atoms with Crippen molar-refractivity contribution in [1.29, 1.82) is 0 Å². The van der Waals surface area contributed by atoms with E-state index in [1.54, 1.807) is 20.8 Å². The van der Waals surface area contributed by atoms with Gasteiger partial charge in [0.25, 0.3) is 0 Å². The number of β-amino-alcohol motifs (C(OH)–C–C–N with tert-alkyl or cyclic N) is 1. The summed E-state index contributed by atoms with van der Waals surface area (Å²) in [6.45, 7) is 6.56. The van der Waals surface area contributed by atoms with Crippen LogP contribution in [0.1, 0.15) is 32.8 Å². The summed E-state index contributed by atoms with van der Waals surface area (Å²) >= 11 is 0. The number of benzene rings is 1. The first kappa shape index (κ1) is 20.0. The molecule has 7 nitrogen and oxygen atoms in total. The number of aliphatic hydroxyl groups excluding tert-OH is 1. The lowest BCUT2D eigenvalue weighted by molar-refractivity contribution is 0.0110. The molecule has 0 saturated carbocycles. The van der Waals surface area contributed by atoms with Gasteiger partial charge in [0.15, 0.2) is 0 Å². The molecule has 1 fully saturated rings. The van der Waals surface area contributed by atoms with Crippen molar-refractivity contribution in [2.75, 3.05) is 19.6 Å². The van der Waals surface area contributed by atoms with Crippen LogP contribution >= 0.6 is 0 Å². The Bertz CT molecular complexity index is 600. The highest BCUT2D eigenvalue weighted by molar-refractivity contribution is 5.68. The minimum absolute atomic E-state index is 0.124. The van der Waals surface area contributed by atoms with Gasteiger partial charge in [-0.3, -0.25) is 0 Å². The highest BCUT2D eigenvalue weighted by atomic mass is 16.6. The van der Waals surface area contributed by atoms with Crippen molar-refractivity contribution in [2.24, 2.45) is 5.92 Å². The Kier molecular flexibility index (Phi) is 6.85. The Labute approximate surface area is 154 Å². The molecule has 1 saturated heterocycles. The van der Waals surface area contributed by atoms with Crippen LogP contribution in [0.4, 0.5) is 9.59 Å². The Balaban J connectivity index is 1.73. The zero-order chi connectivity index (χ0) is 19.2. The maximum Gasteiger partial charge on any atom is 0.410 e. The van der Waals surface area contributed by atoms with Gasteiger partial charge in [-0.05, 0) is 32.8 Å². The molecular formula is C19H28N2O5. The average Bonchev–Trinajstić information content (AvgIpc) is 2.58. The van der Waals surface area contributed by atoms with Crippen LogP contribution in [-0.2, 0) is 16.1 Å². The SMILES string of the molecule is CC(C)(C)OC(=O)NC[C@@H]1CCN(C(=O)OCc2ccccc2)C[C@@H]1O. The van der Waals surface area contributed by atoms with Gasteiger partial charge in [0, 0.05) is 19.0 Å². The van der Waals surface area contributed by atoms with Crippen LogP contribution in [0, 0.1) is 5.92 Å². The number of hydrogen-bond donors (Lipinski definition) is 2. The van der Waals surface area contributed by atoms with Crippen molar-refractivity contribution >= 4 is 12.2 Å². The summed E-state index contributed by atoms with van der Waals surface area (Å²) in [5, 5.41) is 13.0. The van der Waals surface area contributed by atoms with E-state index in [0.717, 1.165) is 5.56 Å². The summed E-state index contributed by atoms with van der Waals surface area (Å²) in [6.07, 6.45) is -1.08. The average molecular weight is 364 g/mol. The number of amides is 2. The summed E-state index contributed by atoms with van der Waals surface area (Å²) < 4.78 is 10.5. The van der Waals surface area contributed by atoms with Crippen molar-refractivity contribution < 1.29 is 24.2 Å². The topological polar surface area (TPSA) is 88.1 Å². The largest absolute Gasteiger partial charge is 0.445 e. The van der Waals surface area contributed by atoms with E-state index in [9.17, 15) is 14.7 Å². The fourth-order valence-electron chi connectivity index (χ4n) is 2.72. The molecule has 2 amide bonds. The fourth-order valence-corrected chi connectivity index (χ4v) is 2.72. The van der Waals surface area contributed by atoms with Gasteiger partial charge in [-0.1, -0.05) is 30.3 Å². The number of carbonyl (C=O) groups is 2. The predicted octanol–water partition coefficient (Wildman–Crippen LogP) is 2.53. The molecule has 1 aliphatic heterocycles. The molecule has 2 atom stereocenters. The van der Waals surface area contributed by atoms with E-state index in [2.05, 4.69) is 5.32 Å². The Hall–Kier alpha value is -2.28. The molecule has 0 aliphatic carbocycles. The minimum atomic E-state index is -0.719. The summed E-state index contributed by atoms with van der Waals surface area (Å²) in [5.41, 5.74) is 0.354. The number of ether oxygens (including phenoxy) is 2. The Morgan fingerprint density at radius 2 is 1.96 bits per heavy atom. The lowest BCUT2D eigenvalue weighted by Gasteiger charge is -2.35. The van der Waals surface area contributed by atoms with E-state index in [1.807, 2.05) is 30.3 Å². The van der Waals surface area contributed by atoms with Crippen molar-refractivity contribution in [3.63, 3.8) is 0 Å². The third-order valence-corrected chi connectivity index (χ3v) is 4.09. The standard InChI is InChI=1S/C19H28N2O5/c1-19(2,3)26-17(23)20-11-15-9-10-21(12-16(15)22)18(24)25-13-14-7-5-4-6-8-14/h4-8,15-16,22H,9-13H2,1-3H3,(H,20,23)/t15-,16-/m0/s1. The monoisotopic (exact) mass is 364 g/mol. The first-order valence-corrected chi connectivity index (χ1v) is 8.85. The quantitative estimate of drug-likeness (QED) is 0.857. The van der Waals surface area contributed by atoms with Gasteiger partial charge in [0.2, 0.25) is 0 Å². The second-order valence-electron chi connectivity index (χ2n) is 7.49. The molecule has 7 heteroatoms. The van der Waals surface area contributed by atoms with Gasteiger partial charge < -0.3 is 24.8 Å². The molecule has 0 spiro atoms. The second kappa shape index (κ2) is 8.89. The molecule has 1 aromatic carbocycles. The maximum atomic E-state index is 12.1. The number of hydrogen-bond acceptors (Lipinski definition) is 5. The van der Waals surface area contributed by atoms with Crippen molar-refractivity contribution in [3.8, 4) is 0 Å². The van der Waals surface area contributed by atoms with Crippen LogP contribution < -0.4 is 5.32 Å². The maximum absolute atomic E-state index is 12.1. The highest BCUT2D eigenvalue weighted by Crippen LogP contribution is 2.18. The van der Waals surface area contributed by atoms with E-state index in [-0.39, 0.29) is 19.1 Å². The molecule has 1 aromatic rings. The number of alkyl carbamates (subject to hydrolysis) is 1. The van der Waals surface area contributed by atoms with Crippen molar-refractivity contribution in [1.82, 2.24) is 10.2 Å². The number of rotatable bonds is 4. The first-order valence-electron chi connectivity index (χ1n) is 8.85. The molecule has 0 radical (unpaired) electrons. The number of likely N-dealkylation sites (tertiary alicyclic amines) is 1. The normalized spacial score (nSPS) is 20.4. The van der Waals surface area contributed by atoms with Crippen LogP contribution in [0.2, 0.25) is 0 Å². The van der Waals surface area contributed by atoms with Crippen molar-refractivity contribution in [3.05, 3.63) is 35.9 Å². The van der Waals surface area contributed by atoms with Crippen LogP contribution in [-0.4, -0.2) is 53.5 Å². The lowest BCUT2D eigenvalue weighted by atomic mass is 9.94. The van der Waals surface area contributed by atoms with Gasteiger partial charge in [-0.25, -0.2) is 9.59 Å². The molecule has 2 rings (SSSR count). The first-order chi connectivity index (χ1) is 12.2. The van der Waals surface area contributed by atoms with Gasteiger partial charge in [0.05, 0.1) is 12.6 Å². The van der Waals surface area contributed by atoms with E-state index in [1.165, 1.54) is 4.90 Å². The van der Waals surface area contributed by atoms with Gasteiger partial charge in [-0.2, -0.15) is 0 Å². The number of nitrogens with one attached hydrogen (secondary N) is 1. The Morgan fingerprint density at radius 1 is 1.27 bits per heavy atom. The second-order valence-corrected chi connectivity index (χ2v) is 7.49. The zero-order valence-corrected chi connectivity index (χ0v) is 15.6. The third kappa shape index (κ3) is 6.55. The van der Waals surface area contributed by atoms with Crippen LogP contribution in [0.25, 0.3) is 0 Å². The summed E-state index contributed by atoms with van der Waals surface area (Å²) in [6, 6.07) is 9.44. The molecule has 2 N–H and O–H groups in total. The van der Waals surface area contributed by atoms with Gasteiger partial charge in [0.1, 0.15) is 12.2 Å². The van der Waals surface area contributed by atoms with E-state index in [0.29, 0.717) is 19.5 Å².